The summed E-state index contributed by atoms with van der Waals surface area (Å²) < 4.78 is 41.2. The first-order valence-electron chi connectivity index (χ1n) is 9.85. The number of hydrogen-bond acceptors (Lipinski definition) is 3. The molecule has 0 unspecified atom stereocenters. The van der Waals surface area contributed by atoms with Crippen molar-refractivity contribution in [2.75, 3.05) is 39.8 Å². The van der Waals surface area contributed by atoms with Crippen LogP contribution in [0.25, 0.3) is 0 Å². The van der Waals surface area contributed by atoms with Crippen molar-refractivity contribution in [1.29, 1.82) is 0 Å². The zero-order valence-electron chi connectivity index (χ0n) is 17.1. The zero-order chi connectivity index (χ0) is 20.4. The Morgan fingerprint density at radius 2 is 1.83 bits per heavy atom. The van der Waals surface area contributed by atoms with Gasteiger partial charge in [-0.1, -0.05) is 19.1 Å². The minimum Gasteiger partial charge on any atom is -0.484 e. The van der Waals surface area contributed by atoms with Crippen molar-refractivity contribution in [2.45, 2.75) is 38.9 Å². The van der Waals surface area contributed by atoms with Crippen LogP contribution in [0.3, 0.4) is 0 Å². The molecular formula is C20H32F3IN4O. The predicted molar refractivity (Wildman–Crippen MR) is 121 cm³/mol. The number of likely N-dealkylation sites (tertiary alicyclic amines) is 1. The fourth-order valence-corrected chi connectivity index (χ4v) is 3.25. The highest BCUT2D eigenvalue weighted by Gasteiger charge is 2.28. The molecule has 5 nitrogen and oxygen atoms in total. The number of aliphatic imine (C=N–C) groups is 1. The van der Waals surface area contributed by atoms with Gasteiger partial charge in [-0.3, -0.25) is 4.99 Å². The van der Waals surface area contributed by atoms with Gasteiger partial charge in [-0.25, -0.2) is 0 Å². The van der Waals surface area contributed by atoms with Crippen LogP contribution in [0.4, 0.5) is 13.2 Å². The summed E-state index contributed by atoms with van der Waals surface area (Å²) in [5.74, 6) is 1.59. The number of nitrogens with zero attached hydrogens (tertiary/aromatic N) is 2. The molecule has 1 fully saturated rings. The third-order valence-electron chi connectivity index (χ3n) is 4.81. The van der Waals surface area contributed by atoms with Crippen LogP contribution in [0, 0.1) is 5.92 Å². The lowest BCUT2D eigenvalue weighted by molar-refractivity contribution is -0.153. The number of guanidine groups is 1. The molecule has 0 spiro atoms. The molecule has 2 N–H and O–H groups in total. The number of rotatable bonds is 8. The van der Waals surface area contributed by atoms with Crippen LogP contribution in [0.1, 0.15) is 31.7 Å². The van der Waals surface area contributed by atoms with E-state index in [1.165, 1.54) is 25.8 Å². The summed E-state index contributed by atoms with van der Waals surface area (Å²) in [5, 5.41) is 6.61. The third-order valence-corrected chi connectivity index (χ3v) is 4.81. The first kappa shape index (κ1) is 25.8. The molecule has 1 aliphatic heterocycles. The minimum atomic E-state index is -4.33. The van der Waals surface area contributed by atoms with Crippen LogP contribution in [0.5, 0.6) is 5.75 Å². The summed E-state index contributed by atoms with van der Waals surface area (Å²) >= 11 is 0. The highest BCUT2D eigenvalue weighted by Crippen LogP contribution is 2.19. The summed E-state index contributed by atoms with van der Waals surface area (Å²) in [5.41, 5.74) is 0.940. The smallest absolute Gasteiger partial charge is 0.422 e. The third kappa shape index (κ3) is 10.4. The number of ether oxygens (including phenoxy) is 1. The van der Waals surface area contributed by atoms with E-state index in [0.717, 1.165) is 31.2 Å². The van der Waals surface area contributed by atoms with Crippen LogP contribution in [0.2, 0.25) is 0 Å². The topological polar surface area (TPSA) is 48.9 Å². The van der Waals surface area contributed by atoms with E-state index >= 15 is 0 Å². The molecule has 0 aromatic heterocycles. The molecule has 1 saturated heterocycles. The van der Waals surface area contributed by atoms with Gasteiger partial charge in [0.1, 0.15) is 5.75 Å². The summed E-state index contributed by atoms with van der Waals surface area (Å²) in [6.45, 7) is 5.87. The molecule has 29 heavy (non-hydrogen) atoms. The van der Waals surface area contributed by atoms with Crippen LogP contribution < -0.4 is 15.4 Å². The molecule has 0 amide bonds. The van der Waals surface area contributed by atoms with E-state index in [0.29, 0.717) is 12.5 Å². The molecule has 0 radical (unpaired) electrons. The number of halogens is 4. The maximum Gasteiger partial charge on any atom is 0.422 e. The van der Waals surface area contributed by atoms with Gasteiger partial charge in [0.2, 0.25) is 0 Å². The molecule has 0 aliphatic carbocycles. The molecule has 166 valence electrons. The second-order valence-electron chi connectivity index (χ2n) is 7.14. The number of nitrogens with one attached hydrogen (secondary N) is 2. The molecule has 0 saturated carbocycles. The average molecular weight is 528 g/mol. The van der Waals surface area contributed by atoms with Gasteiger partial charge >= 0.3 is 6.18 Å². The first-order chi connectivity index (χ1) is 13.4. The monoisotopic (exact) mass is 528 g/mol. The lowest BCUT2D eigenvalue weighted by atomic mass is 9.97. The lowest BCUT2D eigenvalue weighted by Gasteiger charge is -2.32. The molecule has 1 aromatic rings. The Bertz CT molecular complexity index is 603. The maximum absolute atomic E-state index is 12.2. The van der Waals surface area contributed by atoms with Gasteiger partial charge in [-0.2, -0.15) is 13.2 Å². The lowest BCUT2D eigenvalue weighted by Crippen LogP contribution is -2.42. The highest BCUT2D eigenvalue weighted by atomic mass is 127. The quantitative estimate of drug-likeness (QED) is 0.304. The molecule has 1 aromatic carbocycles. The van der Waals surface area contributed by atoms with Gasteiger partial charge in [0, 0.05) is 20.1 Å². The van der Waals surface area contributed by atoms with Gasteiger partial charge in [-0.15, -0.1) is 24.0 Å². The average Bonchev–Trinajstić information content (AvgIpc) is 2.68. The Kier molecular flexibility index (Phi) is 11.7. The van der Waals surface area contributed by atoms with Gasteiger partial charge in [0.25, 0.3) is 0 Å². The Labute approximate surface area is 188 Å². The van der Waals surface area contributed by atoms with E-state index in [1.807, 2.05) is 0 Å². The van der Waals surface area contributed by atoms with E-state index in [2.05, 4.69) is 27.4 Å². The van der Waals surface area contributed by atoms with Crippen molar-refractivity contribution < 1.29 is 17.9 Å². The van der Waals surface area contributed by atoms with Gasteiger partial charge in [-0.05, 0) is 62.5 Å². The molecular weight excluding hydrogens is 496 g/mol. The van der Waals surface area contributed by atoms with Crippen molar-refractivity contribution >= 4 is 29.9 Å². The summed E-state index contributed by atoms with van der Waals surface area (Å²) in [6.07, 6.45) is -0.729. The molecule has 0 bridgehead atoms. The maximum atomic E-state index is 12.2. The summed E-state index contributed by atoms with van der Waals surface area (Å²) in [6, 6.07) is 6.58. The van der Waals surface area contributed by atoms with E-state index in [9.17, 15) is 13.2 Å². The van der Waals surface area contributed by atoms with Crippen LogP contribution in [-0.4, -0.2) is 56.9 Å². The van der Waals surface area contributed by atoms with E-state index in [-0.39, 0.29) is 29.7 Å². The van der Waals surface area contributed by atoms with E-state index in [1.54, 1.807) is 31.3 Å². The molecule has 1 heterocycles. The van der Waals surface area contributed by atoms with Crippen molar-refractivity contribution in [1.82, 2.24) is 15.5 Å². The fraction of sp³-hybridized carbons (Fsp3) is 0.650. The Morgan fingerprint density at radius 3 is 2.38 bits per heavy atom. The van der Waals surface area contributed by atoms with Crippen molar-refractivity contribution in [3.8, 4) is 5.75 Å². The molecule has 0 atom stereocenters. The zero-order valence-corrected chi connectivity index (χ0v) is 19.4. The molecule has 9 heteroatoms. The van der Waals surface area contributed by atoms with Gasteiger partial charge in [0.15, 0.2) is 12.6 Å². The number of alkyl halides is 3. The normalized spacial score (nSPS) is 16.2. The summed E-state index contributed by atoms with van der Waals surface area (Å²) in [4.78, 5) is 6.76. The molecule has 2 rings (SSSR count). The number of benzene rings is 1. The largest absolute Gasteiger partial charge is 0.484 e. The Morgan fingerprint density at radius 1 is 1.17 bits per heavy atom. The number of hydrogen-bond donors (Lipinski definition) is 2. The highest BCUT2D eigenvalue weighted by molar-refractivity contribution is 14.0. The first-order valence-corrected chi connectivity index (χ1v) is 9.85. The summed E-state index contributed by atoms with van der Waals surface area (Å²) in [7, 11) is 1.73. The van der Waals surface area contributed by atoms with Crippen molar-refractivity contribution in [2.24, 2.45) is 10.9 Å². The van der Waals surface area contributed by atoms with Crippen LogP contribution >= 0.6 is 24.0 Å². The standard InChI is InChI=1S/C20H31F3N4O.HI/c1-3-10-27-11-8-17(9-12-27)14-26-19(24-2)25-13-16-4-6-18(7-5-16)28-15-20(21,22)23;/h4-7,17H,3,8-15H2,1-2H3,(H2,24,25,26);1H. The van der Waals surface area contributed by atoms with Gasteiger partial charge < -0.3 is 20.3 Å². The minimum absolute atomic E-state index is 0. The second kappa shape index (κ2) is 13.1. The van der Waals surface area contributed by atoms with Crippen molar-refractivity contribution in [3.05, 3.63) is 29.8 Å². The van der Waals surface area contributed by atoms with E-state index < -0.39 is 12.8 Å². The Hall–Kier alpha value is -1.23. The van der Waals surface area contributed by atoms with Gasteiger partial charge in [0.05, 0.1) is 0 Å². The fourth-order valence-electron chi connectivity index (χ4n) is 3.25. The van der Waals surface area contributed by atoms with Crippen LogP contribution in [0.15, 0.2) is 29.3 Å². The SMILES string of the molecule is CCCN1CCC(CNC(=NC)NCc2ccc(OCC(F)(F)F)cc2)CC1.I. The van der Waals surface area contributed by atoms with E-state index in [4.69, 9.17) is 4.74 Å². The Balaban J connectivity index is 0.00000420. The van der Waals surface area contributed by atoms with Crippen LogP contribution in [-0.2, 0) is 6.54 Å². The van der Waals surface area contributed by atoms with Crippen molar-refractivity contribution in [3.63, 3.8) is 0 Å². The number of piperidine rings is 1. The second-order valence-corrected chi connectivity index (χ2v) is 7.14. The molecule has 1 aliphatic rings. The predicted octanol–water partition coefficient (Wildman–Crippen LogP) is 4.03.